The molecule has 1 aromatic carbocycles. The number of hydrogen-bond donors (Lipinski definition) is 2. The van der Waals surface area contributed by atoms with E-state index in [1.165, 1.54) is 11.3 Å². The van der Waals surface area contributed by atoms with E-state index in [1.807, 2.05) is 5.38 Å². The summed E-state index contributed by atoms with van der Waals surface area (Å²) in [6, 6.07) is 5.23. The Bertz CT molecular complexity index is 726. The van der Waals surface area contributed by atoms with Gasteiger partial charge in [0, 0.05) is 28.9 Å². The lowest BCUT2D eigenvalue weighted by Gasteiger charge is -2.22. The van der Waals surface area contributed by atoms with Gasteiger partial charge in [0.05, 0.1) is 6.54 Å². The Hall–Kier alpha value is -2.41. The van der Waals surface area contributed by atoms with Gasteiger partial charge < -0.3 is 16.0 Å². The van der Waals surface area contributed by atoms with E-state index in [1.54, 1.807) is 36.2 Å². The van der Waals surface area contributed by atoms with Crippen molar-refractivity contribution in [2.75, 3.05) is 5.32 Å². The quantitative estimate of drug-likeness (QED) is 0.883. The molecule has 120 valence electrons. The Morgan fingerprint density at radius 2 is 2.22 bits per heavy atom. The van der Waals surface area contributed by atoms with Gasteiger partial charge in [-0.2, -0.15) is 0 Å². The number of aromatic nitrogens is 1. The smallest absolute Gasteiger partial charge is 0.322 e. The molecule has 3 N–H and O–H groups in total. The summed E-state index contributed by atoms with van der Waals surface area (Å²) in [6.07, 6.45) is 3.77. The molecular weight excluding hydrogens is 312 g/mol. The number of primary amides is 1. The summed E-state index contributed by atoms with van der Waals surface area (Å²) in [5, 5.41) is 5.71. The third-order valence-corrected chi connectivity index (χ3v) is 4.64. The molecule has 7 heteroatoms. The molecule has 6 nitrogen and oxygen atoms in total. The van der Waals surface area contributed by atoms with Crippen LogP contribution in [0.3, 0.4) is 0 Å². The standard InChI is InChI=1S/C16H18N4O2S/c1-10-12(15(17)21)3-2-4-13(10)19-16(22)20(11-5-6-11)9-14-18-7-8-23-14/h2-4,7-8,11H,5-6,9H2,1H3,(H2,17,21)(H,19,22). The zero-order valence-corrected chi connectivity index (χ0v) is 13.6. The highest BCUT2D eigenvalue weighted by Crippen LogP contribution is 2.30. The first-order chi connectivity index (χ1) is 11.1. The van der Waals surface area contributed by atoms with Crippen molar-refractivity contribution in [2.24, 2.45) is 5.73 Å². The minimum absolute atomic E-state index is 0.174. The highest BCUT2D eigenvalue weighted by atomic mass is 32.1. The fourth-order valence-electron chi connectivity index (χ4n) is 2.45. The summed E-state index contributed by atoms with van der Waals surface area (Å²) in [5.41, 5.74) is 7.06. The number of anilines is 1. The van der Waals surface area contributed by atoms with Crippen LogP contribution in [-0.2, 0) is 6.54 Å². The molecule has 1 saturated carbocycles. The number of nitrogens with two attached hydrogens (primary N) is 1. The van der Waals surface area contributed by atoms with Crippen LogP contribution in [0.1, 0.15) is 33.8 Å². The third-order valence-electron chi connectivity index (χ3n) is 3.88. The zero-order chi connectivity index (χ0) is 16.4. The Morgan fingerprint density at radius 3 is 2.83 bits per heavy atom. The molecule has 1 aromatic heterocycles. The van der Waals surface area contributed by atoms with Gasteiger partial charge in [0.1, 0.15) is 5.01 Å². The SMILES string of the molecule is Cc1c(NC(=O)N(Cc2nccs2)C2CC2)cccc1C(N)=O. The number of nitrogens with zero attached hydrogens (tertiary/aromatic N) is 2. The Kier molecular flexibility index (Phi) is 4.29. The second kappa shape index (κ2) is 6.37. The molecule has 3 amide bonds. The van der Waals surface area contributed by atoms with Crippen molar-refractivity contribution in [3.05, 3.63) is 45.9 Å². The number of carbonyl (C=O) groups is 2. The number of hydrogen-bond acceptors (Lipinski definition) is 4. The molecule has 1 aliphatic rings. The normalized spacial score (nSPS) is 13.6. The molecule has 0 aliphatic heterocycles. The van der Waals surface area contributed by atoms with Crippen LogP contribution >= 0.6 is 11.3 Å². The molecule has 1 aliphatic carbocycles. The lowest BCUT2D eigenvalue weighted by molar-refractivity contribution is 0.0999. The van der Waals surface area contributed by atoms with E-state index in [2.05, 4.69) is 10.3 Å². The second-order valence-corrected chi connectivity index (χ2v) is 6.54. The van der Waals surface area contributed by atoms with E-state index in [9.17, 15) is 9.59 Å². The minimum Gasteiger partial charge on any atom is -0.366 e. The number of urea groups is 1. The number of benzene rings is 1. The molecule has 23 heavy (non-hydrogen) atoms. The second-order valence-electron chi connectivity index (χ2n) is 5.56. The number of amides is 3. The van der Waals surface area contributed by atoms with Gasteiger partial charge in [0.15, 0.2) is 0 Å². The van der Waals surface area contributed by atoms with Crippen molar-refractivity contribution in [1.82, 2.24) is 9.88 Å². The average Bonchev–Trinajstić information content (AvgIpc) is 3.22. The van der Waals surface area contributed by atoms with Crippen LogP contribution in [0.15, 0.2) is 29.8 Å². The van der Waals surface area contributed by atoms with Crippen LogP contribution in [0.25, 0.3) is 0 Å². The van der Waals surface area contributed by atoms with Crippen LogP contribution in [0.2, 0.25) is 0 Å². The molecule has 0 saturated heterocycles. The first-order valence-electron chi connectivity index (χ1n) is 7.41. The molecule has 3 rings (SSSR count). The van der Waals surface area contributed by atoms with Crippen LogP contribution in [0, 0.1) is 6.92 Å². The van der Waals surface area contributed by atoms with Gasteiger partial charge >= 0.3 is 6.03 Å². The van der Waals surface area contributed by atoms with Crippen LogP contribution in [-0.4, -0.2) is 27.9 Å². The first-order valence-corrected chi connectivity index (χ1v) is 8.29. The first kappa shape index (κ1) is 15.5. The van der Waals surface area contributed by atoms with Gasteiger partial charge in [-0.05, 0) is 37.5 Å². The fraction of sp³-hybridized carbons (Fsp3) is 0.312. The highest BCUT2D eigenvalue weighted by molar-refractivity contribution is 7.09. The van der Waals surface area contributed by atoms with Gasteiger partial charge in [0.25, 0.3) is 0 Å². The van der Waals surface area contributed by atoms with E-state index < -0.39 is 5.91 Å². The largest absolute Gasteiger partial charge is 0.366 e. The van der Waals surface area contributed by atoms with Crippen molar-refractivity contribution in [3.8, 4) is 0 Å². The highest BCUT2D eigenvalue weighted by Gasteiger charge is 2.33. The van der Waals surface area contributed by atoms with E-state index in [0.29, 0.717) is 23.4 Å². The van der Waals surface area contributed by atoms with Gasteiger partial charge in [-0.3, -0.25) is 4.79 Å². The van der Waals surface area contributed by atoms with E-state index in [4.69, 9.17) is 5.73 Å². The monoisotopic (exact) mass is 330 g/mol. The topological polar surface area (TPSA) is 88.3 Å². The lowest BCUT2D eigenvalue weighted by Crippen LogP contribution is -2.36. The molecular formula is C16H18N4O2S. The maximum Gasteiger partial charge on any atom is 0.322 e. The molecule has 0 atom stereocenters. The minimum atomic E-state index is -0.500. The zero-order valence-electron chi connectivity index (χ0n) is 12.8. The Morgan fingerprint density at radius 1 is 1.43 bits per heavy atom. The van der Waals surface area contributed by atoms with Crippen molar-refractivity contribution < 1.29 is 9.59 Å². The summed E-state index contributed by atoms with van der Waals surface area (Å²) in [5.74, 6) is -0.500. The molecule has 0 radical (unpaired) electrons. The fourth-order valence-corrected chi connectivity index (χ4v) is 3.07. The average molecular weight is 330 g/mol. The van der Waals surface area contributed by atoms with Crippen LogP contribution in [0.4, 0.5) is 10.5 Å². The number of carbonyl (C=O) groups excluding carboxylic acids is 2. The van der Waals surface area contributed by atoms with Crippen molar-refractivity contribution in [2.45, 2.75) is 32.4 Å². The van der Waals surface area contributed by atoms with Gasteiger partial charge in [-0.25, -0.2) is 9.78 Å². The van der Waals surface area contributed by atoms with Crippen molar-refractivity contribution in [3.63, 3.8) is 0 Å². The van der Waals surface area contributed by atoms with Crippen LogP contribution in [0.5, 0.6) is 0 Å². The third kappa shape index (κ3) is 3.50. The lowest BCUT2D eigenvalue weighted by atomic mass is 10.1. The summed E-state index contributed by atoms with van der Waals surface area (Å²) in [4.78, 5) is 30.1. The summed E-state index contributed by atoms with van der Waals surface area (Å²) >= 11 is 1.54. The molecule has 0 bridgehead atoms. The predicted octanol–water partition coefficient (Wildman–Crippen LogP) is 2.75. The molecule has 2 aromatic rings. The number of nitrogens with one attached hydrogen (secondary N) is 1. The van der Waals surface area contributed by atoms with Crippen LogP contribution < -0.4 is 11.1 Å². The van der Waals surface area contributed by atoms with E-state index in [0.717, 1.165) is 17.8 Å². The van der Waals surface area contributed by atoms with Gasteiger partial charge in [-0.15, -0.1) is 11.3 Å². The summed E-state index contributed by atoms with van der Waals surface area (Å²) in [7, 11) is 0. The Balaban J connectivity index is 1.77. The maximum absolute atomic E-state index is 12.6. The van der Waals surface area contributed by atoms with Gasteiger partial charge in [0.2, 0.25) is 5.91 Å². The molecule has 0 spiro atoms. The Labute approximate surface area is 138 Å². The van der Waals surface area contributed by atoms with E-state index >= 15 is 0 Å². The maximum atomic E-state index is 12.6. The molecule has 1 heterocycles. The van der Waals surface area contributed by atoms with Crippen molar-refractivity contribution >= 4 is 29.0 Å². The summed E-state index contributed by atoms with van der Waals surface area (Å²) in [6.45, 7) is 2.28. The summed E-state index contributed by atoms with van der Waals surface area (Å²) < 4.78 is 0. The van der Waals surface area contributed by atoms with E-state index in [-0.39, 0.29) is 12.1 Å². The van der Waals surface area contributed by atoms with Crippen molar-refractivity contribution in [1.29, 1.82) is 0 Å². The molecule has 1 fully saturated rings. The number of rotatable bonds is 5. The van der Waals surface area contributed by atoms with Gasteiger partial charge in [-0.1, -0.05) is 6.07 Å². The number of thiazole rings is 1. The molecule has 0 unspecified atom stereocenters. The predicted molar refractivity (Wildman–Crippen MR) is 89.4 cm³/mol.